The zero-order valence-electron chi connectivity index (χ0n) is 8.54. The van der Waals surface area contributed by atoms with Crippen molar-refractivity contribution in [1.82, 2.24) is 4.72 Å². The summed E-state index contributed by atoms with van der Waals surface area (Å²) in [6.45, 7) is 1.97. The molecular weight excluding hydrogens is 236 g/mol. The van der Waals surface area contributed by atoms with Crippen molar-refractivity contribution in [3.8, 4) is 0 Å². The lowest BCUT2D eigenvalue weighted by Gasteiger charge is -2.10. The molecule has 6 heteroatoms. The molecule has 0 fully saturated rings. The Morgan fingerprint density at radius 1 is 1.47 bits per heavy atom. The predicted molar refractivity (Wildman–Crippen MR) is 60.3 cm³/mol. The number of benzene rings is 1. The number of hydrogen-bond acceptors (Lipinski definition) is 3. The monoisotopic (exact) mass is 248 g/mol. The maximum atomic E-state index is 11.6. The highest BCUT2D eigenvalue weighted by atomic mass is 35.5. The lowest BCUT2D eigenvalue weighted by atomic mass is 10.1. The molecule has 0 unspecified atom stereocenters. The van der Waals surface area contributed by atoms with E-state index in [2.05, 4.69) is 4.72 Å². The Morgan fingerprint density at radius 2 is 2.07 bits per heavy atom. The van der Waals surface area contributed by atoms with E-state index in [9.17, 15) is 8.42 Å². The normalized spacial score (nSPS) is 11.7. The van der Waals surface area contributed by atoms with Crippen LogP contribution in [-0.2, 0) is 16.6 Å². The van der Waals surface area contributed by atoms with Gasteiger partial charge in [-0.3, -0.25) is 0 Å². The summed E-state index contributed by atoms with van der Waals surface area (Å²) in [5.41, 5.74) is 6.87. The van der Waals surface area contributed by atoms with Gasteiger partial charge in [0, 0.05) is 11.6 Å². The number of sulfonamides is 1. The Balaban J connectivity index is 3.49. The molecule has 0 bridgehead atoms. The number of hydrogen-bond donors (Lipinski definition) is 2. The van der Waals surface area contributed by atoms with E-state index in [1.807, 2.05) is 0 Å². The first kappa shape index (κ1) is 12.4. The molecule has 0 amide bonds. The third kappa shape index (κ3) is 2.49. The molecular formula is C9H13ClN2O2S. The van der Waals surface area contributed by atoms with Gasteiger partial charge in [-0.2, -0.15) is 0 Å². The molecule has 0 radical (unpaired) electrons. The third-order valence-corrected chi connectivity index (χ3v) is 3.97. The molecule has 1 rings (SSSR count). The van der Waals surface area contributed by atoms with Gasteiger partial charge in [-0.25, -0.2) is 13.1 Å². The molecule has 4 nitrogen and oxygen atoms in total. The average Bonchev–Trinajstić information content (AvgIpc) is 2.20. The minimum atomic E-state index is -3.47. The molecule has 0 saturated heterocycles. The van der Waals surface area contributed by atoms with E-state index in [1.165, 1.54) is 13.1 Å². The van der Waals surface area contributed by atoms with E-state index in [4.69, 9.17) is 17.3 Å². The van der Waals surface area contributed by atoms with E-state index < -0.39 is 10.0 Å². The van der Waals surface area contributed by atoms with Gasteiger partial charge in [0.1, 0.15) is 0 Å². The smallest absolute Gasteiger partial charge is 0.240 e. The molecule has 84 valence electrons. The van der Waals surface area contributed by atoms with Crippen LogP contribution in [0.1, 0.15) is 11.1 Å². The largest absolute Gasteiger partial charge is 0.326 e. The quantitative estimate of drug-likeness (QED) is 0.839. The highest BCUT2D eigenvalue weighted by Gasteiger charge is 2.17. The van der Waals surface area contributed by atoms with Crippen molar-refractivity contribution in [1.29, 1.82) is 0 Å². The number of nitrogens with two attached hydrogens (primary N) is 1. The van der Waals surface area contributed by atoms with Crippen LogP contribution >= 0.6 is 11.6 Å². The van der Waals surface area contributed by atoms with Crippen molar-refractivity contribution in [2.75, 3.05) is 7.05 Å². The van der Waals surface area contributed by atoms with Gasteiger partial charge in [-0.15, -0.1) is 0 Å². The van der Waals surface area contributed by atoms with E-state index in [1.54, 1.807) is 13.0 Å². The summed E-state index contributed by atoms with van der Waals surface area (Å²) in [5.74, 6) is 0. The Bertz CT molecular complexity index is 471. The fourth-order valence-corrected chi connectivity index (χ4v) is 2.65. The summed E-state index contributed by atoms with van der Waals surface area (Å²) in [4.78, 5) is 0.179. The van der Waals surface area contributed by atoms with Crippen LogP contribution in [-0.4, -0.2) is 15.5 Å². The van der Waals surface area contributed by atoms with Crippen molar-refractivity contribution in [2.24, 2.45) is 5.73 Å². The van der Waals surface area contributed by atoms with Gasteiger partial charge in [0.15, 0.2) is 0 Å². The standard InChI is InChI=1S/C9H13ClN2O2S/c1-6-7(5-11)3-8(10)4-9(6)15(13,14)12-2/h3-4,12H,5,11H2,1-2H3. The summed E-state index contributed by atoms with van der Waals surface area (Å²) in [7, 11) is -2.12. The van der Waals surface area contributed by atoms with Crippen molar-refractivity contribution >= 4 is 21.6 Å². The van der Waals surface area contributed by atoms with Gasteiger partial charge in [-0.05, 0) is 37.2 Å². The van der Waals surface area contributed by atoms with Crippen molar-refractivity contribution in [2.45, 2.75) is 18.4 Å². The fourth-order valence-electron chi connectivity index (χ4n) is 1.31. The second-order valence-electron chi connectivity index (χ2n) is 3.10. The third-order valence-electron chi connectivity index (χ3n) is 2.21. The van der Waals surface area contributed by atoms with Crippen molar-refractivity contribution in [3.63, 3.8) is 0 Å². The highest BCUT2D eigenvalue weighted by molar-refractivity contribution is 7.89. The highest BCUT2D eigenvalue weighted by Crippen LogP contribution is 2.23. The van der Waals surface area contributed by atoms with Crippen LogP contribution in [0.2, 0.25) is 5.02 Å². The fraction of sp³-hybridized carbons (Fsp3) is 0.333. The lowest BCUT2D eigenvalue weighted by molar-refractivity contribution is 0.587. The van der Waals surface area contributed by atoms with Crippen molar-refractivity contribution in [3.05, 3.63) is 28.3 Å². The molecule has 0 saturated carbocycles. The van der Waals surface area contributed by atoms with Crippen LogP contribution in [0, 0.1) is 6.92 Å². The summed E-state index contributed by atoms with van der Waals surface area (Å²) >= 11 is 5.82. The van der Waals surface area contributed by atoms with Crippen LogP contribution in [0.5, 0.6) is 0 Å². The van der Waals surface area contributed by atoms with Crippen LogP contribution in [0.25, 0.3) is 0 Å². The van der Waals surface area contributed by atoms with Gasteiger partial charge in [0.2, 0.25) is 10.0 Å². The first-order valence-electron chi connectivity index (χ1n) is 4.35. The molecule has 0 aliphatic carbocycles. The maximum Gasteiger partial charge on any atom is 0.240 e. The van der Waals surface area contributed by atoms with Crippen LogP contribution < -0.4 is 10.5 Å². The minimum Gasteiger partial charge on any atom is -0.326 e. The van der Waals surface area contributed by atoms with E-state index in [0.717, 1.165) is 5.56 Å². The maximum absolute atomic E-state index is 11.6. The SMILES string of the molecule is CNS(=O)(=O)c1cc(Cl)cc(CN)c1C. The molecule has 0 aromatic heterocycles. The van der Waals surface area contributed by atoms with Crippen LogP contribution in [0.3, 0.4) is 0 Å². The van der Waals surface area contributed by atoms with E-state index >= 15 is 0 Å². The molecule has 0 spiro atoms. The molecule has 1 aromatic carbocycles. The average molecular weight is 249 g/mol. The van der Waals surface area contributed by atoms with E-state index in [-0.39, 0.29) is 11.4 Å². The molecule has 0 aliphatic heterocycles. The Labute approximate surface area is 94.5 Å². The molecule has 15 heavy (non-hydrogen) atoms. The van der Waals surface area contributed by atoms with Gasteiger partial charge < -0.3 is 5.73 Å². The number of nitrogens with one attached hydrogen (secondary N) is 1. The van der Waals surface area contributed by atoms with Crippen LogP contribution in [0.15, 0.2) is 17.0 Å². The molecule has 0 aliphatic rings. The Morgan fingerprint density at radius 3 is 2.53 bits per heavy atom. The zero-order chi connectivity index (χ0) is 11.6. The number of rotatable bonds is 3. The first-order chi connectivity index (χ1) is 6.92. The topological polar surface area (TPSA) is 72.2 Å². The van der Waals surface area contributed by atoms with Gasteiger partial charge in [0.25, 0.3) is 0 Å². The van der Waals surface area contributed by atoms with Crippen LogP contribution in [0.4, 0.5) is 0 Å². The second kappa shape index (κ2) is 4.49. The van der Waals surface area contributed by atoms with Gasteiger partial charge >= 0.3 is 0 Å². The van der Waals surface area contributed by atoms with Gasteiger partial charge in [-0.1, -0.05) is 11.6 Å². The minimum absolute atomic E-state index is 0.179. The molecule has 1 aromatic rings. The predicted octanol–water partition coefficient (Wildman–Crippen LogP) is 1.02. The summed E-state index contributed by atoms with van der Waals surface area (Å²) in [6.07, 6.45) is 0. The lowest BCUT2D eigenvalue weighted by Crippen LogP contribution is -2.20. The summed E-state index contributed by atoms with van der Waals surface area (Å²) < 4.78 is 25.5. The molecule has 0 heterocycles. The summed E-state index contributed by atoms with van der Waals surface area (Å²) in [6, 6.07) is 3.09. The molecule has 0 atom stereocenters. The summed E-state index contributed by atoms with van der Waals surface area (Å²) in [5, 5.41) is 0.370. The number of halogens is 1. The second-order valence-corrected chi connectivity index (χ2v) is 5.39. The Kier molecular flexibility index (Phi) is 3.72. The van der Waals surface area contributed by atoms with E-state index in [0.29, 0.717) is 10.6 Å². The molecule has 3 N–H and O–H groups in total. The first-order valence-corrected chi connectivity index (χ1v) is 6.21. The Hall–Kier alpha value is -0.620. The van der Waals surface area contributed by atoms with Crippen molar-refractivity contribution < 1.29 is 8.42 Å². The zero-order valence-corrected chi connectivity index (χ0v) is 10.1. The van der Waals surface area contributed by atoms with Gasteiger partial charge in [0.05, 0.1) is 4.90 Å².